The fourth-order valence-corrected chi connectivity index (χ4v) is 13.8. The number of rotatable bonds is 3. The maximum absolute atomic E-state index is 11.9. The molecule has 0 aromatic heterocycles. The minimum absolute atomic E-state index is 0.190. The topological polar surface area (TPSA) is 80.3 Å². The van der Waals surface area contributed by atoms with Gasteiger partial charge in [-0.2, -0.15) is 0 Å². The number of ether oxygens (including phenoxy) is 1. The number of carbonyl (C=O) groups excluding carboxylic acids is 1. The summed E-state index contributed by atoms with van der Waals surface area (Å²) in [6, 6.07) is 47.1. The average Bonchev–Trinajstić information content (AvgIpc) is 3.35. The van der Waals surface area contributed by atoms with Gasteiger partial charge in [-0.25, -0.2) is 0 Å². The molecule has 0 amide bonds. The van der Waals surface area contributed by atoms with Gasteiger partial charge in [-0.1, -0.05) is 13.8 Å². The Morgan fingerprint density at radius 3 is 1.73 bits per heavy atom. The molecule has 1 aliphatic carbocycles. The SMILES string of the molecule is C=O.CC.COc1ccc2ccccc2c1-c1c2c(cc3ccccc13)CN1C3CCCC[C@@H]3NCc3cc4ccccc4c(-c4c(O)ccc5ccccc45)c3OP1(C)(C)O2. The van der Waals surface area contributed by atoms with E-state index < -0.39 is 7.21 Å². The Bertz CT molecular complexity index is 3000. The van der Waals surface area contributed by atoms with Crippen molar-refractivity contribution < 1.29 is 23.7 Å². The molecule has 0 spiro atoms. The number of methoxy groups -OCH3 is 1. The van der Waals surface area contributed by atoms with E-state index in [1.54, 1.807) is 7.11 Å². The predicted octanol–water partition coefficient (Wildman–Crippen LogP) is 13.4. The van der Waals surface area contributed by atoms with Crippen LogP contribution in [0.15, 0.2) is 133 Å². The first-order valence-corrected chi connectivity index (χ1v) is 24.8. The van der Waals surface area contributed by atoms with Crippen LogP contribution in [0, 0.1) is 0 Å². The van der Waals surface area contributed by atoms with Crippen molar-refractivity contribution in [2.45, 2.75) is 64.7 Å². The summed E-state index contributed by atoms with van der Waals surface area (Å²) in [6.45, 7) is 11.8. The van der Waals surface area contributed by atoms with Gasteiger partial charge in [0.25, 0.3) is 0 Å². The van der Waals surface area contributed by atoms with E-state index in [4.69, 9.17) is 18.6 Å². The second-order valence-electron chi connectivity index (χ2n) is 16.9. The zero-order chi connectivity index (χ0) is 43.2. The fourth-order valence-electron chi connectivity index (χ4n) is 10.4. The molecule has 2 aliphatic heterocycles. The fraction of sp³-hybridized carbons (Fsp3) is 0.241. The number of fused-ring (bicyclic) bond motifs is 9. The molecule has 2 atom stereocenters. The van der Waals surface area contributed by atoms with Crippen LogP contribution in [0.2, 0.25) is 0 Å². The Morgan fingerprint density at radius 1 is 0.629 bits per heavy atom. The van der Waals surface area contributed by atoms with Crippen LogP contribution < -0.4 is 19.1 Å². The second-order valence-corrected chi connectivity index (χ2v) is 21.4. The van der Waals surface area contributed by atoms with E-state index in [0.29, 0.717) is 13.1 Å². The molecular formula is C54H55N2O5P. The summed E-state index contributed by atoms with van der Waals surface area (Å²) in [5.41, 5.74) is 5.92. The third-order valence-electron chi connectivity index (χ3n) is 13.1. The van der Waals surface area contributed by atoms with E-state index >= 15 is 0 Å². The molecule has 2 N–H and O–H groups in total. The van der Waals surface area contributed by atoms with Gasteiger partial charge in [-0.05, 0) is 0 Å². The summed E-state index contributed by atoms with van der Waals surface area (Å²) < 4.78 is 24.8. The first-order chi connectivity index (χ1) is 30.3. The van der Waals surface area contributed by atoms with E-state index in [1.807, 2.05) is 38.8 Å². The number of hydrogen-bond acceptors (Lipinski definition) is 7. The molecule has 3 aliphatic rings. The normalized spacial score (nSPS) is 19.3. The number of aromatic hydroxyl groups is 1. The molecule has 1 fully saturated rings. The van der Waals surface area contributed by atoms with Gasteiger partial charge in [-0.3, -0.25) is 0 Å². The summed E-state index contributed by atoms with van der Waals surface area (Å²) in [6.07, 6.45) is 4.46. The number of nitrogens with zero attached hydrogens (tertiary/aromatic N) is 1. The molecule has 0 radical (unpaired) electrons. The molecule has 1 saturated carbocycles. The summed E-state index contributed by atoms with van der Waals surface area (Å²) in [4.78, 5) is 8.00. The van der Waals surface area contributed by atoms with Crippen molar-refractivity contribution in [2.24, 2.45) is 0 Å². The molecule has 8 heteroatoms. The standard InChI is InChI=1S/C51H47N2O4P.C2H6.CH2O/c1-55-45-27-25-33-15-5-9-19-39(33)47(45)49-41-21-11-7-17-35(41)29-37-31-53-43-23-13-12-22-42(43)52-30-36-28-34-16-6-10-20-40(34)48(50(36)56-58(53,2,3)57-51(37)49)46-38-18-8-4-14-32(38)24-26-44(46)54;2*1-2/h4-11,14-21,24-29,42-43,52,54H,12-13,22-23,30-31H2,1-3H3;1-2H3;1H2/t42-,43?;;/m0../s1. The Labute approximate surface area is 364 Å². The Morgan fingerprint density at radius 2 is 1.11 bits per heavy atom. The van der Waals surface area contributed by atoms with Gasteiger partial charge in [0, 0.05) is 0 Å². The van der Waals surface area contributed by atoms with Gasteiger partial charge in [0.05, 0.1) is 0 Å². The molecule has 316 valence electrons. The second kappa shape index (κ2) is 16.4. The van der Waals surface area contributed by atoms with Gasteiger partial charge in [0.1, 0.15) is 6.79 Å². The van der Waals surface area contributed by atoms with Gasteiger partial charge < -0.3 is 4.79 Å². The maximum atomic E-state index is 11.9. The molecule has 1 unspecified atom stereocenters. The molecular weight excluding hydrogens is 788 g/mol. The third-order valence-corrected chi connectivity index (χ3v) is 16.4. The van der Waals surface area contributed by atoms with E-state index in [-0.39, 0.29) is 17.8 Å². The van der Waals surface area contributed by atoms with Crippen LogP contribution in [-0.2, 0) is 17.9 Å². The van der Waals surface area contributed by atoms with E-state index in [9.17, 15) is 5.11 Å². The molecule has 8 aromatic carbocycles. The molecule has 11 rings (SSSR count). The van der Waals surface area contributed by atoms with Crippen LogP contribution in [0.1, 0.15) is 50.7 Å². The Kier molecular flexibility index (Phi) is 10.9. The molecule has 62 heavy (non-hydrogen) atoms. The molecule has 8 aromatic rings. The summed E-state index contributed by atoms with van der Waals surface area (Å²) in [5.74, 6) is 2.64. The van der Waals surface area contributed by atoms with Crippen LogP contribution >= 0.6 is 7.21 Å². The number of benzene rings is 8. The first-order valence-electron chi connectivity index (χ1n) is 21.9. The van der Waals surface area contributed by atoms with Crippen molar-refractivity contribution >= 4 is 57.1 Å². The quantitative estimate of drug-likeness (QED) is 0.172. The van der Waals surface area contributed by atoms with Gasteiger partial charge >= 0.3 is 340 Å². The molecule has 0 bridgehead atoms. The van der Waals surface area contributed by atoms with E-state index in [0.717, 1.165) is 108 Å². The Hall–Kier alpha value is -5.98. The van der Waals surface area contributed by atoms with Crippen molar-refractivity contribution in [3.05, 3.63) is 145 Å². The van der Waals surface area contributed by atoms with Gasteiger partial charge in [0.2, 0.25) is 0 Å². The average molecular weight is 843 g/mol. The number of hydrogen-bond donors (Lipinski definition) is 2. The van der Waals surface area contributed by atoms with Crippen LogP contribution in [0.5, 0.6) is 23.0 Å². The number of phenolic OH excluding ortho intramolecular Hbond substituents is 1. The summed E-state index contributed by atoms with van der Waals surface area (Å²) in [5, 5.41) is 24.7. The number of phenols is 1. The molecule has 2 heterocycles. The van der Waals surface area contributed by atoms with Crippen molar-refractivity contribution in [1.29, 1.82) is 0 Å². The zero-order valence-corrected chi connectivity index (χ0v) is 37.2. The first kappa shape index (κ1) is 41.4. The van der Waals surface area contributed by atoms with E-state index in [1.165, 1.54) is 11.8 Å². The summed E-state index contributed by atoms with van der Waals surface area (Å²) >= 11 is 0. The summed E-state index contributed by atoms with van der Waals surface area (Å²) in [7, 11) is -2.17. The van der Waals surface area contributed by atoms with Crippen molar-refractivity contribution in [3.63, 3.8) is 0 Å². The molecule has 7 nitrogen and oxygen atoms in total. The minimum atomic E-state index is -3.92. The van der Waals surface area contributed by atoms with Crippen molar-refractivity contribution in [3.8, 4) is 45.3 Å². The number of nitrogens with one attached hydrogen (secondary N) is 1. The number of carbonyl (C=O) groups is 1. The van der Waals surface area contributed by atoms with Gasteiger partial charge in [-0.15, -0.1) is 0 Å². The van der Waals surface area contributed by atoms with Crippen LogP contribution in [0.4, 0.5) is 0 Å². The third kappa shape index (κ3) is 6.75. The van der Waals surface area contributed by atoms with Crippen molar-refractivity contribution in [1.82, 2.24) is 9.99 Å². The van der Waals surface area contributed by atoms with E-state index in [2.05, 4.69) is 139 Å². The predicted molar refractivity (Wildman–Crippen MR) is 259 cm³/mol. The zero-order valence-electron chi connectivity index (χ0n) is 36.3. The molecule has 0 saturated heterocycles. The van der Waals surface area contributed by atoms with Gasteiger partial charge in [0.15, 0.2) is 0 Å². The van der Waals surface area contributed by atoms with Crippen LogP contribution in [0.25, 0.3) is 65.3 Å². The Balaban J connectivity index is 0.00000119. The van der Waals surface area contributed by atoms with Crippen LogP contribution in [0.3, 0.4) is 0 Å². The van der Waals surface area contributed by atoms with Crippen molar-refractivity contribution in [2.75, 3.05) is 20.4 Å². The monoisotopic (exact) mass is 842 g/mol. The van der Waals surface area contributed by atoms with Crippen LogP contribution in [-0.4, -0.2) is 49.1 Å².